The summed E-state index contributed by atoms with van der Waals surface area (Å²) in [5.41, 5.74) is 1.14. The van der Waals surface area contributed by atoms with E-state index in [1.807, 2.05) is 29.8 Å². The van der Waals surface area contributed by atoms with Gasteiger partial charge in [-0.1, -0.05) is 18.2 Å². The normalized spacial score (nSPS) is 18.8. The number of aliphatic imine (C=N–C) groups is 1. The average molecular weight is 496 g/mol. The second-order valence-electron chi connectivity index (χ2n) is 7.37. The molecule has 2 heterocycles. The molecule has 0 radical (unpaired) electrons. The number of halogens is 1. The molecule has 0 bridgehead atoms. The summed E-state index contributed by atoms with van der Waals surface area (Å²) in [5, 5.41) is 11.4. The molecule has 152 valence electrons. The Bertz CT molecular complexity index is 817. The number of aromatic nitrogens is 3. The van der Waals surface area contributed by atoms with Crippen LogP contribution in [-0.4, -0.2) is 34.4 Å². The Morgan fingerprint density at radius 3 is 2.89 bits per heavy atom. The van der Waals surface area contributed by atoms with E-state index in [1.54, 1.807) is 7.05 Å². The van der Waals surface area contributed by atoms with E-state index in [1.165, 1.54) is 12.8 Å². The summed E-state index contributed by atoms with van der Waals surface area (Å²) in [5.74, 6) is 4.29. The van der Waals surface area contributed by atoms with Crippen molar-refractivity contribution < 1.29 is 4.74 Å². The zero-order valence-electron chi connectivity index (χ0n) is 16.5. The molecule has 1 aromatic carbocycles. The molecular formula is C20H29IN6O. The molecule has 0 spiro atoms. The van der Waals surface area contributed by atoms with Crippen molar-refractivity contribution in [3.63, 3.8) is 0 Å². The van der Waals surface area contributed by atoms with Crippen molar-refractivity contribution in [1.29, 1.82) is 0 Å². The standard InChI is InChI=1S/C20H28N6O.HI/c1-14-23-19-17(7-5-11-26(19)25-14)24-20(21-2)22-12-16-6-3-4-8-18(16)27-13-15-9-10-15;/h3-4,6,8,15,17H,5,7,9-13H2,1-2H3,(H2,21,22,24);1H. The van der Waals surface area contributed by atoms with Crippen LogP contribution in [0.2, 0.25) is 0 Å². The number of para-hydroxylation sites is 1. The minimum Gasteiger partial charge on any atom is -0.493 e. The van der Waals surface area contributed by atoms with Crippen LogP contribution in [-0.2, 0) is 13.1 Å². The van der Waals surface area contributed by atoms with E-state index in [4.69, 9.17) is 4.74 Å². The first-order valence-electron chi connectivity index (χ1n) is 9.82. The average Bonchev–Trinajstić information content (AvgIpc) is 3.43. The Kier molecular flexibility index (Phi) is 7.14. The minimum atomic E-state index is 0. The molecule has 0 saturated heterocycles. The molecule has 8 heteroatoms. The summed E-state index contributed by atoms with van der Waals surface area (Å²) in [6.07, 6.45) is 4.70. The lowest BCUT2D eigenvalue weighted by molar-refractivity contribution is 0.296. The Morgan fingerprint density at radius 2 is 2.11 bits per heavy atom. The number of guanidine groups is 1. The first kappa shape index (κ1) is 20.9. The molecule has 4 rings (SSSR count). The van der Waals surface area contributed by atoms with Crippen molar-refractivity contribution in [2.45, 2.75) is 51.7 Å². The number of hydrogen-bond donors (Lipinski definition) is 2. The van der Waals surface area contributed by atoms with Crippen LogP contribution < -0.4 is 15.4 Å². The maximum absolute atomic E-state index is 6.00. The Balaban J connectivity index is 0.00000225. The zero-order chi connectivity index (χ0) is 18.6. The lowest BCUT2D eigenvalue weighted by Gasteiger charge is -2.25. The fraction of sp³-hybridized carbons (Fsp3) is 0.550. The number of fused-ring (bicyclic) bond motifs is 1. The van der Waals surface area contributed by atoms with Crippen molar-refractivity contribution in [3.05, 3.63) is 41.5 Å². The highest BCUT2D eigenvalue weighted by molar-refractivity contribution is 14.0. The summed E-state index contributed by atoms with van der Waals surface area (Å²) < 4.78 is 8.01. The van der Waals surface area contributed by atoms with E-state index >= 15 is 0 Å². The molecule has 2 aliphatic rings. The second kappa shape index (κ2) is 9.58. The molecule has 1 aliphatic heterocycles. The van der Waals surface area contributed by atoms with Gasteiger partial charge in [0.25, 0.3) is 0 Å². The summed E-state index contributed by atoms with van der Waals surface area (Å²) in [6.45, 7) is 4.36. The quantitative estimate of drug-likeness (QED) is 0.365. The van der Waals surface area contributed by atoms with Gasteiger partial charge in [0.15, 0.2) is 5.96 Å². The van der Waals surface area contributed by atoms with E-state index in [0.717, 1.165) is 60.8 Å². The molecule has 1 unspecified atom stereocenters. The molecule has 2 N–H and O–H groups in total. The van der Waals surface area contributed by atoms with E-state index < -0.39 is 0 Å². The van der Waals surface area contributed by atoms with Gasteiger partial charge in [0, 0.05) is 25.7 Å². The number of aryl methyl sites for hydroxylation is 2. The van der Waals surface area contributed by atoms with Crippen LogP contribution in [0.4, 0.5) is 0 Å². The molecule has 1 aliphatic carbocycles. The number of ether oxygens (including phenoxy) is 1. The molecule has 7 nitrogen and oxygen atoms in total. The highest BCUT2D eigenvalue weighted by Crippen LogP contribution is 2.30. The molecule has 2 aromatic rings. The molecule has 0 amide bonds. The number of benzene rings is 1. The third-order valence-corrected chi connectivity index (χ3v) is 5.11. The van der Waals surface area contributed by atoms with Crippen LogP contribution >= 0.6 is 24.0 Å². The van der Waals surface area contributed by atoms with Gasteiger partial charge in [-0.25, -0.2) is 9.67 Å². The molecular weight excluding hydrogens is 467 g/mol. The predicted octanol–water partition coefficient (Wildman–Crippen LogP) is 3.19. The predicted molar refractivity (Wildman–Crippen MR) is 120 cm³/mol. The Hall–Kier alpha value is -1.84. The molecule has 1 fully saturated rings. The van der Waals surface area contributed by atoms with Crippen molar-refractivity contribution in [3.8, 4) is 5.75 Å². The van der Waals surface area contributed by atoms with E-state index in [-0.39, 0.29) is 30.0 Å². The Morgan fingerprint density at radius 1 is 1.29 bits per heavy atom. The van der Waals surface area contributed by atoms with Crippen LogP contribution in [0.3, 0.4) is 0 Å². The van der Waals surface area contributed by atoms with Gasteiger partial charge in [0.1, 0.15) is 17.4 Å². The molecule has 28 heavy (non-hydrogen) atoms. The van der Waals surface area contributed by atoms with Crippen LogP contribution in [0.15, 0.2) is 29.3 Å². The largest absolute Gasteiger partial charge is 0.493 e. The molecule has 1 aromatic heterocycles. The number of rotatable bonds is 6. The van der Waals surface area contributed by atoms with Crippen molar-refractivity contribution in [2.75, 3.05) is 13.7 Å². The van der Waals surface area contributed by atoms with Gasteiger partial charge in [0.05, 0.1) is 12.6 Å². The zero-order valence-corrected chi connectivity index (χ0v) is 18.8. The van der Waals surface area contributed by atoms with Crippen LogP contribution in [0, 0.1) is 12.8 Å². The number of nitrogens with zero attached hydrogens (tertiary/aromatic N) is 4. The van der Waals surface area contributed by atoms with Crippen LogP contribution in [0.5, 0.6) is 5.75 Å². The van der Waals surface area contributed by atoms with Crippen molar-refractivity contribution in [2.24, 2.45) is 10.9 Å². The van der Waals surface area contributed by atoms with E-state index in [9.17, 15) is 0 Å². The monoisotopic (exact) mass is 496 g/mol. The van der Waals surface area contributed by atoms with E-state index in [2.05, 4.69) is 31.8 Å². The third-order valence-electron chi connectivity index (χ3n) is 5.11. The van der Waals surface area contributed by atoms with Crippen LogP contribution in [0.25, 0.3) is 0 Å². The first-order valence-corrected chi connectivity index (χ1v) is 9.82. The van der Waals surface area contributed by atoms with Gasteiger partial charge in [-0.3, -0.25) is 4.99 Å². The van der Waals surface area contributed by atoms with Crippen molar-refractivity contribution >= 4 is 29.9 Å². The number of nitrogens with one attached hydrogen (secondary N) is 2. The number of hydrogen-bond acceptors (Lipinski definition) is 4. The SMILES string of the molecule is CN=C(NCc1ccccc1OCC1CC1)NC1CCCn2nc(C)nc21.I. The highest BCUT2D eigenvalue weighted by atomic mass is 127. The van der Waals surface area contributed by atoms with Gasteiger partial charge < -0.3 is 15.4 Å². The van der Waals surface area contributed by atoms with Crippen molar-refractivity contribution in [1.82, 2.24) is 25.4 Å². The fourth-order valence-electron chi connectivity index (χ4n) is 3.43. The smallest absolute Gasteiger partial charge is 0.191 e. The second-order valence-corrected chi connectivity index (χ2v) is 7.37. The van der Waals surface area contributed by atoms with E-state index in [0.29, 0.717) is 6.54 Å². The lowest BCUT2D eigenvalue weighted by Crippen LogP contribution is -2.41. The van der Waals surface area contributed by atoms with Gasteiger partial charge >= 0.3 is 0 Å². The highest BCUT2D eigenvalue weighted by Gasteiger charge is 2.24. The fourth-order valence-corrected chi connectivity index (χ4v) is 3.43. The summed E-state index contributed by atoms with van der Waals surface area (Å²) in [6, 6.07) is 8.34. The lowest BCUT2D eigenvalue weighted by atomic mass is 10.1. The maximum Gasteiger partial charge on any atom is 0.191 e. The first-order chi connectivity index (χ1) is 13.2. The van der Waals surface area contributed by atoms with Gasteiger partial charge in [0.2, 0.25) is 0 Å². The summed E-state index contributed by atoms with van der Waals surface area (Å²) in [4.78, 5) is 8.97. The Labute approximate surface area is 183 Å². The maximum atomic E-state index is 6.00. The minimum absolute atomic E-state index is 0. The molecule has 1 atom stereocenters. The van der Waals surface area contributed by atoms with Gasteiger partial charge in [-0.05, 0) is 44.6 Å². The third kappa shape index (κ3) is 5.15. The topological polar surface area (TPSA) is 76.4 Å². The van der Waals surface area contributed by atoms with Gasteiger partial charge in [-0.2, -0.15) is 5.10 Å². The van der Waals surface area contributed by atoms with Crippen LogP contribution in [0.1, 0.15) is 48.9 Å². The summed E-state index contributed by atoms with van der Waals surface area (Å²) >= 11 is 0. The molecule has 1 saturated carbocycles. The summed E-state index contributed by atoms with van der Waals surface area (Å²) in [7, 11) is 1.80. The van der Waals surface area contributed by atoms with Gasteiger partial charge in [-0.15, -0.1) is 24.0 Å².